The molecule has 1 rings (SSSR count). The average Bonchev–Trinajstić information content (AvgIpc) is 2.55. The van der Waals surface area contributed by atoms with Crippen LogP contribution in [0.2, 0.25) is 0 Å². The number of ether oxygens (including phenoxy) is 2. The van der Waals surface area contributed by atoms with Gasteiger partial charge in [-0.3, -0.25) is 0 Å². The van der Waals surface area contributed by atoms with E-state index in [9.17, 15) is 5.11 Å². The molecule has 2 atom stereocenters. The van der Waals surface area contributed by atoms with Gasteiger partial charge in [-0.1, -0.05) is 0 Å². The number of rotatable bonds is 4. The normalized spacial score (nSPS) is 24.2. The first-order chi connectivity index (χ1) is 5.74. The zero-order chi connectivity index (χ0) is 8.97. The molecule has 12 heavy (non-hydrogen) atoms. The first-order valence-corrected chi connectivity index (χ1v) is 3.94. The lowest BCUT2D eigenvalue weighted by Gasteiger charge is -2.18. The Bertz CT molecular complexity index is 123. The third kappa shape index (κ3) is 2.69. The topological polar surface area (TPSA) is 79.2 Å². The quantitative estimate of drug-likeness (QED) is 0.486. The molecule has 0 bridgehead atoms. The van der Waals surface area contributed by atoms with Crippen LogP contribution in [0.15, 0.2) is 0 Å². The van der Waals surface area contributed by atoms with Gasteiger partial charge >= 0.3 is 0 Å². The largest absolute Gasteiger partial charge is 0.394 e. The summed E-state index contributed by atoms with van der Waals surface area (Å²) < 4.78 is 10.1. The van der Waals surface area contributed by atoms with Crippen LogP contribution >= 0.6 is 0 Å². The Labute approximate surface area is 70.5 Å². The molecule has 1 saturated heterocycles. The Kier molecular flexibility index (Phi) is 3.90. The van der Waals surface area contributed by atoms with E-state index in [1.807, 2.05) is 0 Å². The Morgan fingerprint density at radius 1 is 1.17 bits per heavy atom. The van der Waals surface area contributed by atoms with Crippen LogP contribution in [0.4, 0.5) is 0 Å². The molecule has 0 aromatic rings. The fourth-order valence-corrected chi connectivity index (χ4v) is 1.02. The van der Waals surface area contributed by atoms with Crippen molar-refractivity contribution in [2.45, 2.75) is 24.9 Å². The molecule has 3 N–H and O–H groups in total. The maximum atomic E-state index is 9.21. The van der Waals surface area contributed by atoms with Crippen molar-refractivity contribution in [1.29, 1.82) is 0 Å². The van der Waals surface area contributed by atoms with Gasteiger partial charge in [-0.15, -0.1) is 0 Å². The number of hydrogen-bond donors (Lipinski definition) is 3. The second kappa shape index (κ2) is 4.74. The Balaban J connectivity index is 2.19. The number of hydrogen-bond acceptors (Lipinski definition) is 5. The molecule has 0 unspecified atom stereocenters. The summed E-state index contributed by atoms with van der Waals surface area (Å²) >= 11 is 0. The molecule has 0 spiro atoms. The van der Waals surface area contributed by atoms with Crippen molar-refractivity contribution in [2.24, 2.45) is 0 Å². The van der Waals surface area contributed by atoms with Gasteiger partial charge in [0.25, 0.3) is 0 Å². The second-order valence-corrected chi connectivity index (χ2v) is 2.72. The molecule has 1 aliphatic heterocycles. The molecule has 0 radical (unpaired) electrons. The highest BCUT2D eigenvalue weighted by molar-refractivity contribution is 4.68. The van der Waals surface area contributed by atoms with Crippen LogP contribution in [0.1, 0.15) is 6.42 Å². The third-order valence-electron chi connectivity index (χ3n) is 1.76. The SMILES string of the molecule is OC[C@@H](O)[C@@H](O)CC1OCCO1. The minimum atomic E-state index is -1.11. The highest BCUT2D eigenvalue weighted by Crippen LogP contribution is 2.12. The summed E-state index contributed by atoms with van der Waals surface area (Å²) in [6.45, 7) is 0.590. The predicted octanol–water partition coefficient (Wildman–Crippen LogP) is -1.54. The average molecular weight is 178 g/mol. The molecule has 5 nitrogen and oxygen atoms in total. The lowest BCUT2D eigenvalue weighted by atomic mass is 10.1. The molecule has 5 heteroatoms. The van der Waals surface area contributed by atoms with Crippen LogP contribution in [0.5, 0.6) is 0 Å². The summed E-state index contributed by atoms with van der Waals surface area (Å²) in [5.41, 5.74) is 0. The number of aliphatic hydroxyl groups excluding tert-OH is 3. The third-order valence-corrected chi connectivity index (χ3v) is 1.76. The fraction of sp³-hybridized carbons (Fsp3) is 1.00. The van der Waals surface area contributed by atoms with Crippen molar-refractivity contribution in [2.75, 3.05) is 19.8 Å². The Hall–Kier alpha value is -0.200. The fourth-order valence-electron chi connectivity index (χ4n) is 1.02. The molecule has 0 aromatic heterocycles. The standard InChI is InChI=1S/C7H14O5/c8-4-6(10)5(9)3-7-11-1-2-12-7/h5-10H,1-4H2/t5-,6+/m0/s1. The molecular weight excluding hydrogens is 164 g/mol. The molecule has 0 saturated carbocycles. The minimum absolute atomic E-state index is 0.196. The van der Waals surface area contributed by atoms with Gasteiger partial charge in [-0.2, -0.15) is 0 Å². The zero-order valence-electron chi connectivity index (χ0n) is 6.72. The van der Waals surface area contributed by atoms with E-state index in [1.54, 1.807) is 0 Å². The summed E-state index contributed by atoms with van der Waals surface area (Å²) in [6.07, 6.45) is -2.35. The second-order valence-electron chi connectivity index (χ2n) is 2.72. The van der Waals surface area contributed by atoms with Gasteiger partial charge in [0.15, 0.2) is 6.29 Å². The van der Waals surface area contributed by atoms with Gasteiger partial charge in [0.2, 0.25) is 0 Å². The van der Waals surface area contributed by atoms with Crippen LogP contribution < -0.4 is 0 Å². The van der Waals surface area contributed by atoms with Gasteiger partial charge in [-0.25, -0.2) is 0 Å². The van der Waals surface area contributed by atoms with E-state index >= 15 is 0 Å². The van der Waals surface area contributed by atoms with E-state index in [1.165, 1.54) is 0 Å². The molecule has 1 aliphatic rings. The summed E-state index contributed by atoms with van der Waals surface area (Å²) in [6, 6.07) is 0. The predicted molar refractivity (Wildman–Crippen MR) is 39.4 cm³/mol. The molecule has 0 amide bonds. The van der Waals surface area contributed by atoms with E-state index in [4.69, 9.17) is 19.7 Å². The minimum Gasteiger partial charge on any atom is -0.394 e. The van der Waals surface area contributed by atoms with Crippen LogP contribution in [-0.4, -0.2) is 53.6 Å². The van der Waals surface area contributed by atoms with Crippen molar-refractivity contribution >= 4 is 0 Å². The highest BCUT2D eigenvalue weighted by atomic mass is 16.7. The summed E-state index contributed by atoms with van der Waals surface area (Å²) in [5, 5.41) is 26.7. The zero-order valence-corrected chi connectivity index (χ0v) is 6.72. The van der Waals surface area contributed by atoms with Crippen molar-refractivity contribution in [3.63, 3.8) is 0 Å². The lowest BCUT2D eigenvalue weighted by molar-refractivity contribution is -0.0986. The van der Waals surface area contributed by atoms with Crippen molar-refractivity contribution in [3.8, 4) is 0 Å². The van der Waals surface area contributed by atoms with Crippen molar-refractivity contribution < 1.29 is 24.8 Å². The maximum absolute atomic E-state index is 9.21. The van der Waals surface area contributed by atoms with Crippen LogP contribution in [0.3, 0.4) is 0 Å². The first-order valence-electron chi connectivity index (χ1n) is 3.94. The highest BCUT2D eigenvalue weighted by Gasteiger charge is 2.24. The van der Waals surface area contributed by atoms with Crippen LogP contribution in [0.25, 0.3) is 0 Å². The summed E-state index contributed by atoms with van der Waals surface area (Å²) in [4.78, 5) is 0. The molecule has 0 aliphatic carbocycles. The monoisotopic (exact) mass is 178 g/mol. The smallest absolute Gasteiger partial charge is 0.160 e. The van der Waals surface area contributed by atoms with Gasteiger partial charge in [-0.05, 0) is 0 Å². The van der Waals surface area contributed by atoms with Gasteiger partial charge in [0.05, 0.1) is 25.9 Å². The Morgan fingerprint density at radius 2 is 1.75 bits per heavy atom. The van der Waals surface area contributed by atoms with E-state index in [0.29, 0.717) is 13.2 Å². The van der Waals surface area contributed by atoms with Gasteiger partial charge in [0.1, 0.15) is 6.10 Å². The maximum Gasteiger partial charge on any atom is 0.160 e. The van der Waals surface area contributed by atoms with Gasteiger partial charge in [0, 0.05) is 6.42 Å². The summed E-state index contributed by atoms with van der Waals surface area (Å²) in [7, 11) is 0. The molecular formula is C7H14O5. The van der Waals surface area contributed by atoms with E-state index in [-0.39, 0.29) is 6.42 Å². The van der Waals surface area contributed by atoms with Crippen molar-refractivity contribution in [1.82, 2.24) is 0 Å². The molecule has 1 heterocycles. The Morgan fingerprint density at radius 3 is 2.25 bits per heavy atom. The molecule has 72 valence electrons. The van der Waals surface area contributed by atoms with Crippen LogP contribution in [-0.2, 0) is 9.47 Å². The number of aliphatic hydroxyl groups is 3. The van der Waals surface area contributed by atoms with E-state index < -0.39 is 25.1 Å². The van der Waals surface area contributed by atoms with Crippen LogP contribution in [0, 0.1) is 0 Å². The molecule has 1 fully saturated rings. The first kappa shape index (κ1) is 9.88. The summed E-state index contributed by atoms with van der Waals surface area (Å²) in [5.74, 6) is 0. The molecule has 0 aromatic carbocycles. The van der Waals surface area contributed by atoms with Crippen molar-refractivity contribution in [3.05, 3.63) is 0 Å². The lowest BCUT2D eigenvalue weighted by Crippen LogP contribution is -2.32. The van der Waals surface area contributed by atoms with E-state index in [0.717, 1.165) is 0 Å². The van der Waals surface area contributed by atoms with Gasteiger partial charge < -0.3 is 24.8 Å². The van der Waals surface area contributed by atoms with E-state index in [2.05, 4.69) is 0 Å².